The summed E-state index contributed by atoms with van der Waals surface area (Å²) in [5.41, 5.74) is 2.87. The summed E-state index contributed by atoms with van der Waals surface area (Å²) in [6, 6.07) is 14.5. The zero-order valence-corrected chi connectivity index (χ0v) is 10.3. The predicted molar refractivity (Wildman–Crippen MR) is 72.8 cm³/mol. The number of hydrogen-bond donors (Lipinski definition) is 3. The van der Waals surface area contributed by atoms with E-state index in [1.54, 1.807) is 24.3 Å². The van der Waals surface area contributed by atoms with Gasteiger partial charge >= 0.3 is 0 Å². The van der Waals surface area contributed by atoms with E-state index in [4.69, 9.17) is 10.2 Å². The van der Waals surface area contributed by atoms with Crippen molar-refractivity contribution in [2.24, 2.45) is 0 Å². The molecule has 5 heteroatoms. The Morgan fingerprint density at radius 3 is 2.00 bits per heavy atom. The molecule has 0 spiro atoms. The molecule has 0 bridgehead atoms. The highest BCUT2D eigenvalue weighted by Crippen LogP contribution is 2.09. The third-order valence-electron chi connectivity index (χ3n) is 2.56. The van der Waals surface area contributed by atoms with Crippen LogP contribution in [-0.2, 0) is 6.42 Å². The summed E-state index contributed by atoms with van der Waals surface area (Å²) in [7, 11) is 0. The van der Waals surface area contributed by atoms with Gasteiger partial charge < -0.3 is 10.2 Å². The Balaban J connectivity index is 0.000000141. The molecule has 3 aromatic rings. The fraction of sp³-hybridized carbons (Fsp3) is 0.143. The zero-order chi connectivity index (χ0) is 13.5. The molecule has 0 saturated carbocycles. The fourth-order valence-corrected chi connectivity index (χ4v) is 1.58. The number of aromatic hydroxyl groups is 1. The van der Waals surface area contributed by atoms with Gasteiger partial charge in [0.15, 0.2) is 0 Å². The van der Waals surface area contributed by atoms with E-state index in [1.165, 1.54) is 0 Å². The van der Waals surface area contributed by atoms with Crippen molar-refractivity contribution in [3.63, 3.8) is 0 Å². The van der Waals surface area contributed by atoms with Gasteiger partial charge in [0.2, 0.25) is 0 Å². The summed E-state index contributed by atoms with van der Waals surface area (Å²) in [4.78, 5) is 0. The van der Waals surface area contributed by atoms with Crippen molar-refractivity contribution in [1.29, 1.82) is 0 Å². The molecule has 1 aromatic heterocycles. The summed E-state index contributed by atoms with van der Waals surface area (Å²) in [6.07, 6.45) is 0.653. The van der Waals surface area contributed by atoms with Crippen LogP contribution in [-0.4, -0.2) is 32.2 Å². The molecule has 19 heavy (non-hydrogen) atoms. The summed E-state index contributed by atoms with van der Waals surface area (Å²) in [5.74, 6) is 0.265. The average Bonchev–Trinajstić information content (AvgIpc) is 2.91. The van der Waals surface area contributed by atoms with Gasteiger partial charge in [-0.25, -0.2) is 0 Å². The summed E-state index contributed by atoms with van der Waals surface area (Å²) in [5, 5.41) is 27.7. The standard InChI is InChI=1S/C8H10O2.C6H5N3/c9-6-5-7-1-3-8(10)4-2-7;1-2-4-6-5(3-1)7-9-8-6/h1-4,9-10H,5-6H2;1-4H,(H,7,8,9). The molecular weight excluding hydrogens is 242 g/mol. The van der Waals surface area contributed by atoms with E-state index in [1.807, 2.05) is 24.3 Å². The second kappa shape index (κ2) is 6.51. The first kappa shape index (κ1) is 13.0. The number of aliphatic hydroxyl groups excluding tert-OH is 1. The number of aliphatic hydroxyl groups is 1. The second-order valence-electron chi connectivity index (χ2n) is 3.95. The third-order valence-corrected chi connectivity index (χ3v) is 2.56. The SMILES string of the molecule is OCCc1ccc(O)cc1.c1ccc2n[nH]nc2c1. The van der Waals surface area contributed by atoms with Crippen molar-refractivity contribution in [2.45, 2.75) is 6.42 Å². The molecule has 0 unspecified atom stereocenters. The van der Waals surface area contributed by atoms with E-state index in [0.29, 0.717) is 6.42 Å². The van der Waals surface area contributed by atoms with E-state index in [9.17, 15) is 0 Å². The number of fused-ring (bicyclic) bond motifs is 1. The van der Waals surface area contributed by atoms with Crippen LogP contribution in [0.15, 0.2) is 48.5 Å². The first-order valence-corrected chi connectivity index (χ1v) is 5.94. The Kier molecular flexibility index (Phi) is 4.47. The smallest absolute Gasteiger partial charge is 0.115 e. The topological polar surface area (TPSA) is 82.0 Å². The lowest BCUT2D eigenvalue weighted by Gasteiger charge is -1.96. The number of H-pyrrole nitrogens is 1. The number of hydrogen-bond acceptors (Lipinski definition) is 4. The maximum absolute atomic E-state index is 8.86. The average molecular weight is 257 g/mol. The van der Waals surface area contributed by atoms with Gasteiger partial charge in [0.05, 0.1) is 0 Å². The lowest BCUT2D eigenvalue weighted by molar-refractivity contribution is 0.299. The molecule has 0 aliphatic heterocycles. The van der Waals surface area contributed by atoms with Crippen LogP contribution in [0.1, 0.15) is 5.56 Å². The molecule has 3 N–H and O–H groups in total. The lowest BCUT2D eigenvalue weighted by atomic mass is 10.2. The van der Waals surface area contributed by atoms with E-state index < -0.39 is 0 Å². The van der Waals surface area contributed by atoms with Crippen molar-refractivity contribution in [1.82, 2.24) is 15.4 Å². The van der Waals surface area contributed by atoms with Crippen molar-refractivity contribution in [2.75, 3.05) is 6.61 Å². The molecule has 0 atom stereocenters. The Bertz CT molecular complexity index is 590. The normalized spacial score (nSPS) is 9.95. The number of nitrogens with zero attached hydrogens (tertiary/aromatic N) is 2. The molecule has 98 valence electrons. The first-order chi connectivity index (χ1) is 9.29. The molecule has 0 aliphatic rings. The predicted octanol–water partition coefficient (Wildman–Crippen LogP) is 1.88. The van der Waals surface area contributed by atoms with Crippen LogP contribution in [0.3, 0.4) is 0 Å². The molecule has 5 nitrogen and oxygen atoms in total. The van der Waals surface area contributed by atoms with Crippen LogP contribution in [0.25, 0.3) is 11.0 Å². The van der Waals surface area contributed by atoms with Gasteiger partial charge in [-0.15, -0.1) is 0 Å². The largest absolute Gasteiger partial charge is 0.508 e. The van der Waals surface area contributed by atoms with Crippen molar-refractivity contribution >= 4 is 11.0 Å². The Labute approximate surface area is 110 Å². The molecule has 0 radical (unpaired) electrons. The molecule has 0 saturated heterocycles. The van der Waals surface area contributed by atoms with Crippen LogP contribution < -0.4 is 0 Å². The molecule has 0 amide bonds. The Morgan fingerprint density at radius 1 is 0.895 bits per heavy atom. The number of aromatic amines is 1. The van der Waals surface area contributed by atoms with E-state index in [-0.39, 0.29) is 12.4 Å². The number of aromatic nitrogens is 3. The number of nitrogens with one attached hydrogen (secondary N) is 1. The third kappa shape index (κ3) is 3.79. The van der Waals surface area contributed by atoms with Crippen LogP contribution in [0.5, 0.6) is 5.75 Å². The lowest BCUT2D eigenvalue weighted by Crippen LogP contribution is -1.88. The minimum atomic E-state index is 0.158. The monoisotopic (exact) mass is 257 g/mol. The van der Waals surface area contributed by atoms with E-state index in [0.717, 1.165) is 16.6 Å². The van der Waals surface area contributed by atoms with Gasteiger partial charge in [0.25, 0.3) is 0 Å². The highest BCUT2D eigenvalue weighted by Gasteiger charge is 1.91. The van der Waals surface area contributed by atoms with Gasteiger partial charge in [0.1, 0.15) is 16.8 Å². The van der Waals surface area contributed by atoms with Gasteiger partial charge in [-0.1, -0.05) is 24.3 Å². The van der Waals surface area contributed by atoms with E-state index >= 15 is 0 Å². The van der Waals surface area contributed by atoms with Crippen molar-refractivity contribution in [3.05, 3.63) is 54.1 Å². The molecule has 3 rings (SSSR count). The van der Waals surface area contributed by atoms with Crippen LogP contribution in [0.2, 0.25) is 0 Å². The molecule has 1 heterocycles. The quantitative estimate of drug-likeness (QED) is 0.654. The number of phenolic OH excluding ortho intramolecular Hbond substituents is 1. The van der Waals surface area contributed by atoms with Crippen molar-refractivity contribution in [3.8, 4) is 5.75 Å². The molecule has 0 aliphatic carbocycles. The number of phenols is 1. The zero-order valence-electron chi connectivity index (χ0n) is 10.3. The van der Waals surface area contributed by atoms with Gasteiger partial charge in [-0.3, -0.25) is 0 Å². The number of rotatable bonds is 2. The molecule has 0 fully saturated rings. The van der Waals surface area contributed by atoms with Crippen LogP contribution in [0, 0.1) is 0 Å². The Hall–Kier alpha value is -2.40. The van der Waals surface area contributed by atoms with Crippen molar-refractivity contribution < 1.29 is 10.2 Å². The second-order valence-corrected chi connectivity index (χ2v) is 3.95. The molecular formula is C14H15N3O2. The fourth-order valence-electron chi connectivity index (χ4n) is 1.58. The van der Waals surface area contributed by atoms with Gasteiger partial charge in [0, 0.05) is 6.61 Å². The highest BCUT2D eigenvalue weighted by atomic mass is 16.3. The van der Waals surface area contributed by atoms with Crippen LogP contribution >= 0.6 is 0 Å². The molecule has 2 aromatic carbocycles. The summed E-state index contributed by atoms with van der Waals surface area (Å²) >= 11 is 0. The maximum atomic E-state index is 8.86. The summed E-state index contributed by atoms with van der Waals surface area (Å²) < 4.78 is 0. The van der Waals surface area contributed by atoms with Gasteiger partial charge in [-0.05, 0) is 36.2 Å². The number of para-hydroxylation sites is 2. The minimum Gasteiger partial charge on any atom is -0.508 e. The Morgan fingerprint density at radius 2 is 1.47 bits per heavy atom. The summed E-state index contributed by atoms with van der Waals surface area (Å²) in [6.45, 7) is 0.158. The van der Waals surface area contributed by atoms with Crippen LogP contribution in [0.4, 0.5) is 0 Å². The maximum Gasteiger partial charge on any atom is 0.115 e. The van der Waals surface area contributed by atoms with E-state index in [2.05, 4.69) is 15.4 Å². The van der Waals surface area contributed by atoms with Gasteiger partial charge in [-0.2, -0.15) is 15.4 Å². The first-order valence-electron chi connectivity index (χ1n) is 5.94. The highest BCUT2D eigenvalue weighted by molar-refractivity contribution is 5.72. The minimum absolute atomic E-state index is 0.158. The number of benzene rings is 2.